The first-order chi connectivity index (χ1) is 9.22. The molecule has 0 fully saturated rings. The number of ether oxygens (including phenoxy) is 1. The van der Waals surface area contributed by atoms with Gasteiger partial charge in [-0.1, -0.05) is 11.2 Å². The van der Waals surface area contributed by atoms with Gasteiger partial charge in [0.05, 0.1) is 6.61 Å². The second-order valence-corrected chi connectivity index (χ2v) is 4.21. The number of nitrogens with two attached hydrogens (primary N) is 1. The molecular formula is C12H15N5O2. The molecule has 0 bridgehead atoms. The Balaban J connectivity index is 2.10. The zero-order valence-electron chi connectivity index (χ0n) is 10.4. The predicted octanol–water partition coefficient (Wildman–Crippen LogP) is 1.05. The number of rotatable bonds is 6. The van der Waals surface area contributed by atoms with Crippen LogP contribution in [0.2, 0.25) is 0 Å². The molecule has 0 aliphatic carbocycles. The smallest absolute Gasteiger partial charge is 0.239 e. The van der Waals surface area contributed by atoms with Gasteiger partial charge >= 0.3 is 0 Å². The van der Waals surface area contributed by atoms with E-state index >= 15 is 0 Å². The molecule has 1 unspecified atom stereocenters. The molecule has 0 spiro atoms. The highest BCUT2D eigenvalue weighted by atomic mass is 16.5. The van der Waals surface area contributed by atoms with Crippen LogP contribution in [0, 0.1) is 0 Å². The molecule has 1 aromatic rings. The SMILES string of the molecule is [N-]=[N+]=NCCNC(C(N)=O)c1ccc2c(c1)CCO2. The summed E-state index contributed by atoms with van der Waals surface area (Å²) < 4.78 is 5.41. The van der Waals surface area contributed by atoms with E-state index < -0.39 is 11.9 Å². The summed E-state index contributed by atoms with van der Waals surface area (Å²) in [6.07, 6.45) is 0.841. The molecule has 1 aliphatic rings. The summed E-state index contributed by atoms with van der Waals surface area (Å²) in [6, 6.07) is 5.01. The Morgan fingerprint density at radius 2 is 2.47 bits per heavy atom. The summed E-state index contributed by atoms with van der Waals surface area (Å²) in [6.45, 7) is 1.34. The van der Waals surface area contributed by atoms with E-state index in [-0.39, 0.29) is 6.54 Å². The number of nitrogens with zero attached hydrogens (tertiary/aromatic N) is 3. The molecule has 3 N–H and O–H groups in total. The molecule has 1 aliphatic heterocycles. The number of carbonyl (C=O) groups is 1. The maximum Gasteiger partial charge on any atom is 0.239 e. The van der Waals surface area contributed by atoms with Crippen LogP contribution in [-0.4, -0.2) is 25.6 Å². The van der Waals surface area contributed by atoms with Crippen molar-refractivity contribution in [3.8, 4) is 5.75 Å². The molecule has 19 heavy (non-hydrogen) atoms. The summed E-state index contributed by atoms with van der Waals surface area (Å²) in [7, 11) is 0. The lowest BCUT2D eigenvalue weighted by Crippen LogP contribution is -2.35. The van der Waals surface area contributed by atoms with Crippen LogP contribution in [0.25, 0.3) is 10.4 Å². The fraction of sp³-hybridized carbons (Fsp3) is 0.417. The summed E-state index contributed by atoms with van der Waals surface area (Å²) in [4.78, 5) is 14.1. The minimum Gasteiger partial charge on any atom is -0.493 e. The van der Waals surface area contributed by atoms with Crippen LogP contribution in [0.5, 0.6) is 5.75 Å². The Kier molecular flexibility index (Phi) is 4.22. The third kappa shape index (κ3) is 3.15. The number of nitrogens with one attached hydrogen (secondary N) is 1. The first-order valence-electron chi connectivity index (χ1n) is 6.01. The van der Waals surface area contributed by atoms with Crippen LogP contribution in [-0.2, 0) is 11.2 Å². The summed E-state index contributed by atoms with van der Waals surface area (Å²) in [5, 5.41) is 6.38. The largest absolute Gasteiger partial charge is 0.493 e. The van der Waals surface area contributed by atoms with Gasteiger partial charge in [0.1, 0.15) is 11.8 Å². The van der Waals surface area contributed by atoms with Gasteiger partial charge in [-0.25, -0.2) is 0 Å². The standard InChI is InChI=1S/C12H15N5O2/c13-12(18)11(15-4-5-16-17-14)9-1-2-10-8(7-9)3-6-19-10/h1-2,7,11,15H,3-6H2,(H2,13,18). The topological polar surface area (TPSA) is 113 Å². The Morgan fingerprint density at radius 3 is 3.21 bits per heavy atom. The van der Waals surface area contributed by atoms with E-state index in [1.807, 2.05) is 18.2 Å². The molecule has 0 saturated heterocycles. The van der Waals surface area contributed by atoms with E-state index in [0.29, 0.717) is 13.2 Å². The van der Waals surface area contributed by atoms with Crippen molar-refractivity contribution in [2.24, 2.45) is 10.8 Å². The van der Waals surface area contributed by atoms with Crippen molar-refractivity contribution >= 4 is 5.91 Å². The van der Waals surface area contributed by atoms with Gasteiger partial charge in [0.25, 0.3) is 0 Å². The van der Waals surface area contributed by atoms with E-state index in [1.165, 1.54) is 0 Å². The maximum absolute atomic E-state index is 11.5. The van der Waals surface area contributed by atoms with E-state index in [0.717, 1.165) is 23.3 Å². The highest BCUT2D eigenvalue weighted by molar-refractivity contribution is 5.81. The second kappa shape index (κ2) is 6.08. The van der Waals surface area contributed by atoms with Crippen molar-refractivity contribution in [2.45, 2.75) is 12.5 Å². The first kappa shape index (κ1) is 13.2. The highest BCUT2D eigenvalue weighted by Crippen LogP contribution is 2.28. The zero-order valence-corrected chi connectivity index (χ0v) is 10.4. The van der Waals surface area contributed by atoms with Gasteiger partial charge in [-0.2, -0.15) is 0 Å². The molecule has 0 saturated carbocycles. The lowest BCUT2D eigenvalue weighted by Gasteiger charge is -2.16. The zero-order chi connectivity index (χ0) is 13.7. The number of azide groups is 1. The molecule has 2 rings (SSSR count). The molecular weight excluding hydrogens is 246 g/mol. The van der Waals surface area contributed by atoms with Crippen LogP contribution in [0.3, 0.4) is 0 Å². The van der Waals surface area contributed by atoms with E-state index in [2.05, 4.69) is 15.3 Å². The molecule has 100 valence electrons. The fourth-order valence-corrected chi connectivity index (χ4v) is 2.07. The summed E-state index contributed by atoms with van der Waals surface area (Å²) in [5.41, 5.74) is 15.5. The quantitative estimate of drug-likeness (QED) is 0.345. The number of hydrogen-bond acceptors (Lipinski definition) is 4. The minimum atomic E-state index is -0.584. The first-order valence-corrected chi connectivity index (χ1v) is 6.01. The molecule has 7 nitrogen and oxygen atoms in total. The average molecular weight is 261 g/mol. The van der Waals surface area contributed by atoms with Gasteiger partial charge in [-0.05, 0) is 28.8 Å². The Hall–Kier alpha value is -2.24. The monoisotopic (exact) mass is 261 g/mol. The number of fused-ring (bicyclic) bond motifs is 1. The van der Waals surface area contributed by atoms with Crippen molar-refractivity contribution in [1.82, 2.24) is 5.32 Å². The van der Waals surface area contributed by atoms with Gasteiger partial charge in [-0.15, -0.1) is 0 Å². The highest BCUT2D eigenvalue weighted by Gasteiger charge is 2.20. The van der Waals surface area contributed by atoms with Crippen molar-refractivity contribution in [3.05, 3.63) is 39.8 Å². The van der Waals surface area contributed by atoms with Gasteiger partial charge < -0.3 is 15.8 Å². The van der Waals surface area contributed by atoms with Crippen molar-refractivity contribution < 1.29 is 9.53 Å². The molecule has 1 heterocycles. The molecule has 1 amide bonds. The van der Waals surface area contributed by atoms with E-state index in [4.69, 9.17) is 16.0 Å². The molecule has 0 aromatic heterocycles. The van der Waals surface area contributed by atoms with Crippen LogP contribution in [0.1, 0.15) is 17.2 Å². The van der Waals surface area contributed by atoms with Crippen molar-refractivity contribution in [1.29, 1.82) is 0 Å². The van der Waals surface area contributed by atoms with Crippen LogP contribution in [0.4, 0.5) is 0 Å². The third-order valence-electron chi connectivity index (χ3n) is 2.95. The van der Waals surface area contributed by atoms with Gasteiger partial charge in [0, 0.05) is 24.4 Å². The summed E-state index contributed by atoms with van der Waals surface area (Å²) in [5.74, 6) is 0.404. The van der Waals surface area contributed by atoms with Crippen LogP contribution in [0.15, 0.2) is 23.3 Å². The Labute approximate surface area is 110 Å². The number of benzene rings is 1. The minimum absolute atomic E-state index is 0.272. The lowest BCUT2D eigenvalue weighted by molar-refractivity contribution is -0.120. The predicted molar refractivity (Wildman–Crippen MR) is 69.6 cm³/mol. The van der Waals surface area contributed by atoms with Gasteiger partial charge in [0.15, 0.2) is 0 Å². The van der Waals surface area contributed by atoms with Crippen molar-refractivity contribution in [2.75, 3.05) is 19.7 Å². The Bertz CT molecular complexity index is 525. The lowest BCUT2D eigenvalue weighted by atomic mass is 10.0. The van der Waals surface area contributed by atoms with Crippen molar-refractivity contribution in [3.63, 3.8) is 0 Å². The molecule has 1 atom stereocenters. The molecule has 7 heteroatoms. The van der Waals surface area contributed by atoms with E-state index in [9.17, 15) is 4.79 Å². The summed E-state index contributed by atoms with van der Waals surface area (Å²) >= 11 is 0. The van der Waals surface area contributed by atoms with E-state index in [1.54, 1.807) is 0 Å². The number of amides is 1. The number of primary amides is 1. The normalized spacial score (nSPS) is 14.1. The van der Waals surface area contributed by atoms with Gasteiger partial charge in [0.2, 0.25) is 5.91 Å². The second-order valence-electron chi connectivity index (χ2n) is 4.21. The Morgan fingerprint density at radius 1 is 1.63 bits per heavy atom. The molecule has 0 radical (unpaired) electrons. The van der Waals surface area contributed by atoms with Crippen LogP contribution < -0.4 is 15.8 Å². The van der Waals surface area contributed by atoms with Crippen LogP contribution >= 0.6 is 0 Å². The number of carbonyl (C=O) groups excluding carboxylic acids is 1. The van der Waals surface area contributed by atoms with Gasteiger partial charge in [-0.3, -0.25) is 4.79 Å². The number of hydrogen-bond donors (Lipinski definition) is 2. The maximum atomic E-state index is 11.5. The average Bonchev–Trinajstić information content (AvgIpc) is 2.85. The molecule has 1 aromatic carbocycles. The fourth-order valence-electron chi connectivity index (χ4n) is 2.07. The third-order valence-corrected chi connectivity index (χ3v) is 2.95.